The summed E-state index contributed by atoms with van der Waals surface area (Å²) in [5.74, 6) is -3.34. The smallest absolute Gasteiger partial charge is 0.435 e. The summed E-state index contributed by atoms with van der Waals surface area (Å²) in [6.45, 7) is 0. The van der Waals surface area contributed by atoms with Crippen LogP contribution >= 0.6 is 0 Å². The zero-order valence-electron chi connectivity index (χ0n) is 20.2. The number of hydrogen-bond acceptors (Lipinski definition) is 6. The highest BCUT2D eigenvalue weighted by atomic mass is 19.4. The molecule has 0 saturated heterocycles. The maximum atomic E-state index is 14.0. The summed E-state index contributed by atoms with van der Waals surface area (Å²) in [5.41, 5.74) is 2.03. The SMILES string of the molecule is CN(C(=O)[C@H]1C[C@@](N)(C(=O)O)C1)[C@@H](c1ccc(Nc2cnn(-c3ccccn3)c2C(F)(F)F)cc1)C(F)(F)F. The van der Waals surface area contributed by atoms with Crippen molar-refractivity contribution in [2.75, 3.05) is 12.4 Å². The van der Waals surface area contributed by atoms with E-state index in [0.29, 0.717) is 9.58 Å². The van der Waals surface area contributed by atoms with Crippen molar-refractivity contribution >= 4 is 23.3 Å². The van der Waals surface area contributed by atoms with E-state index in [9.17, 15) is 35.9 Å². The first kappa shape index (κ1) is 27.9. The second-order valence-corrected chi connectivity index (χ2v) is 9.21. The number of carbonyl (C=O) groups excluding carboxylic acids is 1. The molecular weight excluding hydrogens is 534 g/mol. The zero-order chi connectivity index (χ0) is 28.8. The number of benzene rings is 1. The number of nitrogens with zero attached hydrogens (tertiary/aromatic N) is 4. The second-order valence-electron chi connectivity index (χ2n) is 9.21. The number of carboxylic acid groups (broad SMARTS) is 1. The zero-order valence-corrected chi connectivity index (χ0v) is 20.2. The Bertz CT molecular complexity index is 1350. The summed E-state index contributed by atoms with van der Waals surface area (Å²) < 4.78 is 84.2. The van der Waals surface area contributed by atoms with Crippen molar-refractivity contribution in [3.8, 4) is 5.82 Å². The van der Waals surface area contributed by atoms with Crippen LogP contribution in [-0.2, 0) is 15.8 Å². The molecule has 1 saturated carbocycles. The van der Waals surface area contributed by atoms with Crippen LogP contribution in [0.15, 0.2) is 54.9 Å². The molecule has 1 amide bonds. The monoisotopic (exact) mass is 556 g/mol. The minimum atomic E-state index is -4.90. The standard InChI is InChI=1S/C24H22F6N6O3/c1-35(20(37)14-10-22(31,11-14)21(38)39)18(23(25,26)27)13-5-7-15(8-6-13)34-16-12-33-36(19(16)24(28,29)30)17-4-2-3-9-32-17/h2-9,12,14,18,34H,10-11,31H2,1H3,(H,38,39)/t14-,18-,22-/m0/s1. The van der Waals surface area contributed by atoms with E-state index in [4.69, 9.17) is 10.8 Å². The number of halogens is 6. The molecule has 4 N–H and O–H groups in total. The second kappa shape index (κ2) is 9.87. The largest absolute Gasteiger partial charge is 0.480 e. The van der Waals surface area contributed by atoms with Gasteiger partial charge in [0.25, 0.3) is 0 Å². The number of alkyl halides is 6. The predicted octanol–water partition coefficient (Wildman–Crippen LogP) is 4.28. The maximum absolute atomic E-state index is 14.0. The summed E-state index contributed by atoms with van der Waals surface area (Å²) in [4.78, 5) is 28.2. The van der Waals surface area contributed by atoms with Crippen LogP contribution in [0.3, 0.4) is 0 Å². The third-order valence-corrected chi connectivity index (χ3v) is 6.45. The van der Waals surface area contributed by atoms with Crippen LogP contribution in [0.5, 0.6) is 0 Å². The number of hydrogen-bond donors (Lipinski definition) is 3. The fourth-order valence-electron chi connectivity index (χ4n) is 4.49. The van der Waals surface area contributed by atoms with Gasteiger partial charge in [-0.3, -0.25) is 9.59 Å². The van der Waals surface area contributed by atoms with Crippen LogP contribution in [0.2, 0.25) is 0 Å². The molecule has 1 aliphatic rings. The van der Waals surface area contributed by atoms with Gasteiger partial charge in [0.1, 0.15) is 5.54 Å². The van der Waals surface area contributed by atoms with Gasteiger partial charge in [0.2, 0.25) is 5.91 Å². The molecule has 0 spiro atoms. The minimum Gasteiger partial charge on any atom is -0.480 e. The Labute approximate surface area is 217 Å². The number of rotatable bonds is 7. The fourth-order valence-corrected chi connectivity index (χ4v) is 4.49. The van der Waals surface area contributed by atoms with Gasteiger partial charge in [-0.25, -0.2) is 9.67 Å². The van der Waals surface area contributed by atoms with E-state index in [2.05, 4.69) is 15.4 Å². The lowest BCUT2D eigenvalue weighted by Gasteiger charge is -2.43. The van der Waals surface area contributed by atoms with Crippen LogP contribution in [0.25, 0.3) is 5.82 Å². The molecule has 1 atom stereocenters. The van der Waals surface area contributed by atoms with Gasteiger partial charge >= 0.3 is 18.3 Å². The number of aromatic nitrogens is 3. The van der Waals surface area contributed by atoms with Gasteiger partial charge in [-0.05, 0) is 42.7 Å². The molecule has 0 unspecified atom stereocenters. The van der Waals surface area contributed by atoms with Crippen molar-refractivity contribution in [3.63, 3.8) is 0 Å². The number of aliphatic carboxylic acids is 1. The van der Waals surface area contributed by atoms with Crippen LogP contribution in [0.1, 0.15) is 30.1 Å². The molecule has 2 aromatic heterocycles. The molecule has 39 heavy (non-hydrogen) atoms. The van der Waals surface area contributed by atoms with E-state index >= 15 is 0 Å². The Morgan fingerprint density at radius 3 is 2.28 bits per heavy atom. The number of amides is 1. The normalized spacial score (nSPS) is 20.2. The van der Waals surface area contributed by atoms with Gasteiger partial charge in [0, 0.05) is 24.8 Å². The molecule has 0 bridgehead atoms. The predicted molar refractivity (Wildman–Crippen MR) is 125 cm³/mol. The third kappa shape index (κ3) is 5.53. The third-order valence-electron chi connectivity index (χ3n) is 6.45. The van der Waals surface area contributed by atoms with Crippen molar-refractivity contribution in [1.82, 2.24) is 19.7 Å². The van der Waals surface area contributed by atoms with Crippen molar-refractivity contribution in [1.29, 1.82) is 0 Å². The number of nitrogens with one attached hydrogen (secondary N) is 1. The first-order valence-electron chi connectivity index (χ1n) is 11.4. The molecule has 1 aliphatic carbocycles. The van der Waals surface area contributed by atoms with E-state index in [1.807, 2.05) is 0 Å². The Kier molecular flexibility index (Phi) is 7.06. The van der Waals surface area contributed by atoms with E-state index in [0.717, 1.165) is 37.5 Å². The topological polar surface area (TPSA) is 126 Å². The van der Waals surface area contributed by atoms with E-state index in [1.165, 1.54) is 24.4 Å². The lowest BCUT2D eigenvalue weighted by molar-refractivity contribution is -0.193. The highest BCUT2D eigenvalue weighted by molar-refractivity contribution is 5.87. The quantitative estimate of drug-likeness (QED) is 0.371. The van der Waals surface area contributed by atoms with Crippen molar-refractivity contribution < 1.29 is 41.0 Å². The van der Waals surface area contributed by atoms with Crippen LogP contribution in [0.4, 0.5) is 37.7 Å². The van der Waals surface area contributed by atoms with Crippen molar-refractivity contribution in [2.24, 2.45) is 11.7 Å². The molecular formula is C24H22F6N6O3. The van der Waals surface area contributed by atoms with E-state index in [1.54, 1.807) is 0 Å². The fraction of sp³-hybridized carbons (Fsp3) is 0.333. The Balaban J connectivity index is 1.57. The first-order chi connectivity index (χ1) is 18.1. The molecule has 15 heteroatoms. The van der Waals surface area contributed by atoms with E-state index in [-0.39, 0.29) is 29.9 Å². The number of pyridine rings is 1. The average Bonchev–Trinajstić information content (AvgIpc) is 3.26. The van der Waals surface area contributed by atoms with Crippen LogP contribution < -0.4 is 11.1 Å². The average molecular weight is 556 g/mol. The number of nitrogens with two attached hydrogens (primary N) is 1. The lowest BCUT2D eigenvalue weighted by atomic mass is 9.68. The lowest BCUT2D eigenvalue weighted by Crippen LogP contribution is -2.61. The summed E-state index contributed by atoms with van der Waals surface area (Å²) in [7, 11) is 0.950. The van der Waals surface area contributed by atoms with Gasteiger partial charge in [0.05, 0.1) is 11.9 Å². The summed E-state index contributed by atoms with van der Waals surface area (Å²) in [5, 5.41) is 15.4. The Morgan fingerprint density at radius 2 is 1.77 bits per heavy atom. The van der Waals surface area contributed by atoms with Crippen molar-refractivity contribution in [3.05, 3.63) is 66.1 Å². The first-order valence-corrected chi connectivity index (χ1v) is 11.4. The molecule has 0 aliphatic heterocycles. The molecule has 0 radical (unpaired) electrons. The summed E-state index contributed by atoms with van der Waals surface area (Å²) in [6.07, 6.45) is -8.12. The van der Waals surface area contributed by atoms with E-state index < -0.39 is 53.1 Å². The number of anilines is 2. The molecule has 9 nitrogen and oxygen atoms in total. The van der Waals surface area contributed by atoms with Gasteiger partial charge in [-0.15, -0.1) is 0 Å². The molecule has 4 rings (SSSR count). The van der Waals surface area contributed by atoms with Gasteiger partial charge in [0.15, 0.2) is 17.6 Å². The molecule has 3 aromatic rings. The molecule has 208 valence electrons. The minimum absolute atomic E-state index is 0.0353. The Morgan fingerprint density at radius 1 is 1.13 bits per heavy atom. The highest BCUT2D eigenvalue weighted by Crippen LogP contribution is 2.43. The highest BCUT2D eigenvalue weighted by Gasteiger charge is 2.53. The van der Waals surface area contributed by atoms with Gasteiger partial charge in [-0.2, -0.15) is 31.4 Å². The molecule has 1 aromatic carbocycles. The number of carbonyl (C=O) groups is 2. The summed E-state index contributed by atoms with van der Waals surface area (Å²) >= 11 is 0. The van der Waals surface area contributed by atoms with Crippen LogP contribution in [-0.4, -0.2) is 55.4 Å². The van der Waals surface area contributed by atoms with Crippen LogP contribution in [0, 0.1) is 5.92 Å². The van der Waals surface area contributed by atoms with Gasteiger partial charge in [-0.1, -0.05) is 18.2 Å². The Hall–Kier alpha value is -4.14. The molecule has 1 fully saturated rings. The van der Waals surface area contributed by atoms with Gasteiger partial charge < -0.3 is 21.1 Å². The summed E-state index contributed by atoms with van der Waals surface area (Å²) in [6, 6.07) is 6.31. The van der Waals surface area contributed by atoms with Crippen molar-refractivity contribution in [2.45, 2.75) is 36.8 Å². The number of carboxylic acids is 1. The maximum Gasteiger partial charge on any atom is 0.435 e. The molecule has 2 heterocycles.